The predicted molar refractivity (Wildman–Crippen MR) is 133 cm³/mol. The molecule has 0 aliphatic heterocycles. The van der Waals surface area contributed by atoms with Gasteiger partial charge in [0.15, 0.2) is 22.5 Å². The van der Waals surface area contributed by atoms with Gasteiger partial charge in [-0.3, -0.25) is 14.2 Å². The Bertz CT molecular complexity index is 1390. The van der Waals surface area contributed by atoms with Gasteiger partial charge in [-0.05, 0) is 69.7 Å². The quantitative estimate of drug-likeness (QED) is 0.242. The summed E-state index contributed by atoms with van der Waals surface area (Å²) in [5, 5.41) is 8.95. The number of thioether (sulfide) groups is 1. The average Bonchev–Trinajstić information content (AvgIpc) is 3.38. The molecule has 0 spiro atoms. The summed E-state index contributed by atoms with van der Waals surface area (Å²) >= 11 is 1.16. The molecule has 0 aliphatic rings. The van der Waals surface area contributed by atoms with E-state index in [1.807, 2.05) is 31.2 Å². The molecular formula is C26H25FN4O3S. The number of nitrogens with zero attached hydrogens (tertiary/aromatic N) is 3. The molecule has 9 heteroatoms. The smallest absolute Gasteiger partial charge is 0.196 e. The molecule has 2 heterocycles. The monoisotopic (exact) mass is 492 g/mol. The van der Waals surface area contributed by atoms with Crippen LogP contribution < -0.4 is 4.74 Å². The number of halogens is 1. The van der Waals surface area contributed by atoms with Crippen LogP contribution in [0.2, 0.25) is 0 Å². The fraction of sp³-hybridized carbons (Fsp3) is 0.231. The van der Waals surface area contributed by atoms with E-state index in [0.717, 1.165) is 23.1 Å². The topological polar surface area (TPSA) is 89.9 Å². The Balaban J connectivity index is 1.68. The first-order valence-electron chi connectivity index (χ1n) is 11.1. The molecule has 35 heavy (non-hydrogen) atoms. The third-order valence-corrected chi connectivity index (χ3v) is 6.48. The maximum absolute atomic E-state index is 14.8. The van der Waals surface area contributed by atoms with Gasteiger partial charge >= 0.3 is 0 Å². The van der Waals surface area contributed by atoms with E-state index >= 15 is 0 Å². The number of Topliss-reactive ketones (excluding diaryl/α,β-unsaturated/α-hetero) is 2. The number of hydrogen-bond acceptors (Lipinski definition) is 6. The van der Waals surface area contributed by atoms with Crippen molar-refractivity contribution in [2.45, 2.75) is 32.9 Å². The van der Waals surface area contributed by atoms with E-state index in [1.165, 1.54) is 13.0 Å². The number of aryl methyl sites for hydroxylation is 1. The molecule has 4 rings (SSSR count). The standard InChI is InChI=1S/C26H25FN4O3S/c1-5-34-19-12-10-18(11-13-19)25-29-30-26(31(25)21-9-7-6-8-20(21)27)35-14-22(33)24-15(2)23(17(4)32)16(3)28-24/h6-13,28H,5,14H2,1-4H3. The maximum atomic E-state index is 14.8. The van der Waals surface area contributed by atoms with Crippen LogP contribution in [0.1, 0.15) is 46.0 Å². The van der Waals surface area contributed by atoms with Crippen molar-refractivity contribution in [3.05, 3.63) is 76.9 Å². The number of nitrogens with one attached hydrogen (secondary N) is 1. The second-order valence-corrected chi connectivity index (χ2v) is 8.89. The number of para-hydroxylation sites is 1. The summed E-state index contributed by atoms with van der Waals surface area (Å²) in [6, 6.07) is 13.6. The van der Waals surface area contributed by atoms with Crippen molar-refractivity contribution in [1.82, 2.24) is 19.7 Å². The molecule has 0 bridgehead atoms. The highest BCUT2D eigenvalue weighted by atomic mass is 32.2. The SMILES string of the molecule is CCOc1ccc(-c2nnc(SCC(=O)c3[nH]c(C)c(C(C)=O)c3C)n2-c2ccccc2F)cc1. The molecule has 0 fully saturated rings. The fourth-order valence-corrected chi connectivity index (χ4v) is 4.84. The molecule has 2 aromatic heterocycles. The average molecular weight is 493 g/mol. The minimum absolute atomic E-state index is 0.0357. The van der Waals surface area contributed by atoms with Gasteiger partial charge in [0.2, 0.25) is 0 Å². The first kappa shape index (κ1) is 24.4. The summed E-state index contributed by atoms with van der Waals surface area (Å²) in [6.45, 7) is 7.46. The Kier molecular flexibility index (Phi) is 7.16. The van der Waals surface area contributed by atoms with E-state index in [-0.39, 0.29) is 23.0 Å². The highest BCUT2D eigenvalue weighted by Gasteiger charge is 2.23. The van der Waals surface area contributed by atoms with E-state index in [1.54, 1.807) is 36.6 Å². The number of carbonyl (C=O) groups is 2. The second-order valence-electron chi connectivity index (χ2n) is 7.94. The summed E-state index contributed by atoms with van der Waals surface area (Å²) in [6.07, 6.45) is 0. The van der Waals surface area contributed by atoms with Crippen LogP contribution in [0.3, 0.4) is 0 Å². The Morgan fingerprint density at radius 3 is 2.43 bits per heavy atom. The molecule has 7 nitrogen and oxygen atoms in total. The predicted octanol–water partition coefficient (Wildman–Crippen LogP) is 5.59. The van der Waals surface area contributed by atoms with E-state index in [2.05, 4.69) is 15.2 Å². The van der Waals surface area contributed by atoms with Gasteiger partial charge in [-0.25, -0.2) is 4.39 Å². The summed E-state index contributed by atoms with van der Waals surface area (Å²) in [4.78, 5) is 28.0. The molecule has 1 N–H and O–H groups in total. The van der Waals surface area contributed by atoms with Crippen LogP contribution in [-0.4, -0.2) is 43.7 Å². The van der Waals surface area contributed by atoms with Crippen LogP contribution >= 0.6 is 11.8 Å². The Hall–Kier alpha value is -3.72. The molecule has 0 atom stereocenters. The van der Waals surface area contributed by atoms with Crippen molar-refractivity contribution in [3.8, 4) is 22.8 Å². The van der Waals surface area contributed by atoms with E-state index in [0.29, 0.717) is 40.1 Å². The molecule has 0 saturated heterocycles. The molecule has 180 valence electrons. The number of rotatable bonds is 9. The molecule has 0 amide bonds. The molecule has 0 saturated carbocycles. The third-order valence-electron chi connectivity index (χ3n) is 5.55. The summed E-state index contributed by atoms with van der Waals surface area (Å²) in [5.74, 6) is 0.480. The highest BCUT2D eigenvalue weighted by Crippen LogP contribution is 2.31. The van der Waals surface area contributed by atoms with Gasteiger partial charge in [-0.1, -0.05) is 23.9 Å². The molecule has 0 radical (unpaired) electrons. The molecular weight excluding hydrogens is 467 g/mol. The number of aromatic nitrogens is 4. The number of aromatic amines is 1. The largest absolute Gasteiger partial charge is 0.494 e. The van der Waals surface area contributed by atoms with Crippen molar-refractivity contribution in [2.24, 2.45) is 0 Å². The number of H-pyrrole nitrogens is 1. The lowest BCUT2D eigenvalue weighted by Crippen LogP contribution is -2.08. The van der Waals surface area contributed by atoms with Gasteiger partial charge in [0, 0.05) is 16.8 Å². The minimum atomic E-state index is -0.436. The van der Waals surface area contributed by atoms with Crippen LogP contribution in [-0.2, 0) is 0 Å². The van der Waals surface area contributed by atoms with Crippen molar-refractivity contribution in [3.63, 3.8) is 0 Å². The molecule has 0 aliphatic carbocycles. The van der Waals surface area contributed by atoms with Crippen molar-refractivity contribution in [2.75, 3.05) is 12.4 Å². The number of ketones is 2. The second kappa shape index (κ2) is 10.3. The van der Waals surface area contributed by atoms with Crippen LogP contribution in [0, 0.1) is 19.7 Å². The van der Waals surface area contributed by atoms with Gasteiger partial charge < -0.3 is 9.72 Å². The minimum Gasteiger partial charge on any atom is -0.494 e. The number of benzene rings is 2. The summed E-state index contributed by atoms with van der Waals surface area (Å²) in [5.41, 5.74) is 3.22. The first-order valence-corrected chi connectivity index (χ1v) is 12.1. The zero-order valence-corrected chi connectivity index (χ0v) is 20.7. The summed E-state index contributed by atoms with van der Waals surface area (Å²) in [7, 11) is 0. The molecule has 0 unspecified atom stereocenters. The zero-order valence-electron chi connectivity index (χ0n) is 19.9. The zero-order chi connectivity index (χ0) is 25.1. The Labute approximate surface area is 206 Å². The van der Waals surface area contributed by atoms with Crippen molar-refractivity contribution >= 4 is 23.3 Å². The van der Waals surface area contributed by atoms with Crippen LogP contribution in [0.5, 0.6) is 5.75 Å². The van der Waals surface area contributed by atoms with Crippen molar-refractivity contribution in [1.29, 1.82) is 0 Å². The number of ether oxygens (including phenoxy) is 1. The third kappa shape index (κ3) is 4.90. The Morgan fingerprint density at radius 2 is 1.80 bits per heavy atom. The van der Waals surface area contributed by atoms with Gasteiger partial charge in [-0.15, -0.1) is 10.2 Å². The molecule has 2 aromatic carbocycles. The van der Waals surface area contributed by atoms with Crippen LogP contribution in [0.4, 0.5) is 4.39 Å². The Morgan fingerprint density at radius 1 is 1.09 bits per heavy atom. The van der Waals surface area contributed by atoms with E-state index in [4.69, 9.17) is 4.74 Å². The first-order chi connectivity index (χ1) is 16.8. The van der Waals surface area contributed by atoms with Gasteiger partial charge in [-0.2, -0.15) is 0 Å². The number of carbonyl (C=O) groups excluding carboxylic acids is 2. The summed E-state index contributed by atoms with van der Waals surface area (Å²) < 4.78 is 21.9. The highest BCUT2D eigenvalue weighted by molar-refractivity contribution is 7.99. The van der Waals surface area contributed by atoms with Gasteiger partial charge in [0.1, 0.15) is 11.6 Å². The lowest BCUT2D eigenvalue weighted by atomic mass is 10.1. The maximum Gasteiger partial charge on any atom is 0.196 e. The van der Waals surface area contributed by atoms with Gasteiger partial charge in [0.25, 0.3) is 0 Å². The van der Waals surface area contributed by atoms with Crippen molar-refractivity contribution < 1.29 is 18.7 Å². The van der Waals surface area contributed by atoms with Crippen LogP contribution in [0.25, 0.3) is 17.1 Å². The normalized spacial score (nSPS) is 11.0. The molecule has 4 aromatic rings. The number of hydrogen-bond donors (Lipinski definition) is 1. The van der Waals surface area contributed by atoms with E-state index in [9.17, 15) is 14.0 Å². The fourth-order valence-electron chi connectivity index (χ4n) is 4.03. The van der Waals surface area contributed by atoms with Crippen LogP contribution in [0.15, 0.2) is 53.7 Å². The van der Waals surface area contributed by atoms with Gasteiger partial charge in [0.05, 0.1) is 23.7 Å². The van der Waals surface area contributed by atoms with E-state index < -0.39 is 5.82 Å². The lowest BCUT2D eigenvalue weighted by Gasteiger charge is -2.11. The lowest BCUT2D eigenvalue weighted by molar-refractivity contribution is 0.101.